The van der Waals surface area contributed by atoms with E-state index in [9.17, 15) is 9.59 Å². The van der Waals surface area contributed by atoms with Crippen LogP contribution in [-0.4, -0.2) is 40.6 Å². The molecule has 1 heterocycles. The maximum absolute atomic E-state index is 12.2. The van der Waals surface area contributed by atoms with Gasteiger partial charge in [-0.1, -0.05) is 0 Å². The molecule has 0 saturated heterocycles. The quantitative estimate of drug-likeness (QED) is 0.813. The van der Waals surface area contributed by atoms with Crippen LogP contribution in [0, 0.1) is 6.92 Å². The Labute approximate surface area is 130 Å². The standard InChI is InChI=1S/C15H24N2O3S/c1-10(2)17(8-7-14(18)19)15(20)16-11(3)9-13-6-5-12(4)21-13/h5-6,10-11H,7-9H2,1-4H3,(H,16,20)(H,18,19). The van der Waals surface area contributed by atoms with Crippen molar-refractivity contribution >= 4 is 23.3 Å². The van der Waals surface area contributed by atoms with Crippen molar-refractivity contribution in [2.24, 2.45) is 0 Å². The maximum atomic E-state index is 12.2. The molecule has 0 aromatic carbocycles. The summed E-state index contributed by atoms with van der Waals surface area (Å²) in [6.07, 6.45) is 0.749. The summed E-state index contributed by atoms with van der Waals surface area (Å²) >= 11 is 1.73. The SMILES string of the molecule is Cc1ccc(CC(C)NC(=O)N(CCC(=O)O)C(C)C)s1. The first-order valence-electron chi connectivity index (χ1n) is 7.13. The monoisotopic (exact) mass is 312 g/mol. The lowest BCUT2D eigenvalue weighted by Gasteiger charge is -2.28. The first kappa shape index (κ1) is 17.5. The van der Waals surface area contributed by atoms with Gasteiger partial charge in [-0.3, -0.25) is 4.79 Å². The highest BCUT2D eigenvalue weighted by Gasteiger charge is 2.19. The molecule has 0 spiro atoms. The van der Waals surface area contributed by atoms with Crippen LogP contribution < -0.4 is 5.32 Å². The van der Waals surface area contributed by atoms with Gasteiger partial charge in [0.2, 0.25) is 0 Å². The van der Waals surface area contributed by atoms with E-state index in [1.54, 1.807) is 16.2 Å². The maximum Gasteiger partial charge on any atom is 0.317 e. The van der Waals surface area contributed by atoms with Crippen LogP contribution in [0.2, 0.25) is 0 Å². The summed E-state index contributed by atoms with van der Waals surface area (Å²) in [5.41, 5.74) is 0. The van der Waals surface area contributed by atoms with Crippen molar-refractivity contribution in [3.8, 4) is 0 Å². The Kier molecular flexibility index (Phi) is 6.68. The molecule has 6 heteroatoms. The molecule has 0 aliphatic rings. The van der Waals surface area contributed by atoms with E-state index in [0.717, 1.165) is 6.42 Å². The van der Waals surface area contributed by atoms with Crippen LogP contribution in [0.15, 0.2) is 12.1 Å². The molecule has 21 heavy (non-hydrogen) atoms. The Hall–Kier alpha value is -1.56. The molecular weight excluding hydrogens is 288 g/mol. The molecule has 1 unspecified atom stereocenters. The molecule has 0 aliphatic heterocycles. The van der Waals surface area contributed by atoms with E-state index in [1.807, 2.05) is 20.8 Å². The smallest absolute Gasteiger partial charge is 0.317 e. The van der Waals surface area contributed by atoms with E-state index >= 15 is 0 Å². The number of hydrogen-bond donors (Lipinski definition) is 2. The van der Waals surface area contributed by atoms with Crippen molar-refractivity contribution in [1.82, 2.24) is 10.2 Å². The Morgan fingerprint density at radius 2 is 2.00 bits per heavy atom. The van der Waals surface area contributed by atoms with E-state index in [0.29, 0.717) is 0 Å². The zero-order valence-electron chi connectivity index (χ0n) is 13.0. The summed E-state index contributed by atoms with van der Waals surface area (Å²) in [6.45, 7) is 8.01. The molecule has 0 aliphatic carbocycles. The van der Waals surface area contributed by atoms with E-state index in [1.165, 1.54) is 9.75 Å². The number of nitrogens with one attached hydrogen (secondary N) is 1. The number of thiophene rings is 1. The second-order valence-electron chi connectivity index (χ2n) is 5.50. The Balaban J connectivity index is 2.53. The zero-order valence-corrected chi connectivity index (χ0v) is 13.9. The number of rotatable bonds is 7. The third-order valence-electron chi connectivity index (χ3n) is 3.12. The molecule has 0 radical (unpaired) electrons. The minimum absolute atomic E-state index is 0.0154. The van der Waals surface area contributed by atoms with Gasteiger partial charge in [0, 0.05) is 34.8 Å². The van der Waals surface area contributed by atoms with Crippen LogP contribution in [0.1, 0.15) is 36.9 Å². The summed E-state index contributed by atoms with van der Waals surface area (Å²) in [5, 5.41) is 11.7. The predicted octanol–water partition coefficient (Wildman–Crippen LogP) is 2.88. The van der Waals surface area contributed by atoms with Gasteiger partial charge in [-0.2, -0.15) is 0 Å². The van der Waals surface area contributed by atoms with Gasteiger partial charge in [0.15, 0.2) is 0 Å². The Morgan fingerprint density at radius 3 is 2.48 bits per heavy atom. The van der Waals surface area contributed by atoms with Gasteiger partial charge in [0.05, 0.1) is 6.42 Å². The highest BCUT2D eigenvalue weighted by molar-refractivity contribution is 7.11. The van der Waals surface area contributed by atoms with Gasteiger partial charge in [0.25, 0.3) is 0 Å². The number of amides is 2. The van der Waals surface area contributed by atoms with Crippen LogP contribution in [0.25, 0.3) is 0 Å². The average Bonchev–Trinajstić information content (AvgIpc) is 2.73. The highest BCUT2D eigenvalue weighted by atomic mass is 32.1. The Bertz CT molecular complexity index is 485. The molecule has 1 atom stereocenters. The minimum Gasteiger partial charge on any atom is -0.481 e. The number of aliphatic carboxylic acids is 1. The summed E-state index contributed by atoms with van der Waals surface area (Å²) in [7, 11) is 0. The van der Waals surface area contributed by atoms with Crippen molar-refractivity contribution in [2.75, 3.05) is 6.54 Å². The van der Waals surface area contributed by atoms with Gasteiger partial charge < -0.3 is 15.3 Å². The summed E-state index contributed by atoms with van der Waals surface area (Å²) in [4.78, 5) is 26.9. The van der Waals surface area contributed by atoms with Gasteiger partial charge in [-0.15, -0.1) is 11.3 Å². The van der Waals surface area contributed by atoms with Crippen LogP contribution in [0.3, 0.4) is 0 Å². The molecule has 1 aromatic heterocycles. The molecule has 0 saturated carbocycles. The van der Waals surface area contributed by atoms with Gasteiger partial charge >= 0.3 is 12.0 Å². The Morgan fingerprint density at radius 1 is 1.33 bits per heavy atom. The second kappa shape index (κ2) is 8.02. The molecule has 2 amide bonds. The second-order valence-corrected chi connectivity index (χ2v) is 6.87. The van der Waals surface area contributed by atoms with Crippen molar-refractivity contribution in [1.29, 1.82) is 0 Å². The number of carboxylic acid groups (broad SMARTS) is 1. The number of aryl methyl sites for hydroxylation is 1. The topological polar surface area (TPSA) is 69.6 Å². The highest BCUT2D eigenvalue weighted by Crippen LogP contribution is 2.16. The fourth-order valence-electron chi connectivity index (χ4n) is 2.05. The first-order chi connectivity index (χ1) is 9.79. The largest absolute Gasteiger partial charge is 0.481 e. The molecular formula is C15H24N2O3S. The third-order valence-corrected chi connectivity index (χ3v) is 4.15. The number of urea groups is 1. The van der Waals surface area contributed by atoms with Crippen LogP contribution in [0.5, 0.6) is 0 Å². The molecule has 1 aromatic rings. The number of carboxylic acids is 1. The fourth-order valence-corrected chi connectivity index (χ4v) is 3.07. The number of nitrogens with zero attached hydrogens (tertiary/aromatic N) is 1. The van der Waals surface area contributed by atoms with Crippen molar-refractivity contribution < 1.29 is 14.7 Å². The normalized spacial score (nSPS) is 12.2. The fraction of sp³-hybridized carbons (Fsp3) is 0.600. The van der Waals surface area contributed by atoms with Crippen molar-refractivity contribution in [3.05, 3.63) is 21.9 Å². The molecule has 0 bridgehead atoms. The molecule has 2 N–H and O–H groups in total. The third kappa shape index (κ3) is 6.16. The van der Waals surface area contributed by atoms with E-state index in [-0.39, 0.29) is 31.1 Å². The van der Waals surface area contributed by atoms with E-state index < -0.39 is 5.97 Å². The van der Waals surface area contributed by atoms with Gasteiger partial charge in [-0.25, -0.2) is 4.79 Å². The lowest BCUT2D eigenvalue weighted by molar-refractivity contribution is -0.137. The van der Waals surface area contributed by atoms with Gasteiger partial charge in [0.1, 0.15) is 0 Å². The lowest BCUT2D eigenvalue weighted by atomic mass is 10.2. The van der Waals surface area contributed by atoms with E-state index in [2.05, 4.69) is 24.4 Å². The summed E-state index contributed by atoms with van der Waals surface area (Å²) in [6, 6.07) is 3.93. The molecule has 5 nitrogen and oxygen atoms in total. The van der Waals surface area contributed by atoms with Crippen LogP contribution in [-0.2, 0) is 11.2 Å². The summed E-state index contributed by atoms with van der Waals surface area (Å²) < 4.78 is 0. The molecule has 1 rings (SSSR count). The average molecular weight is 312 g/mol. The molecule has 118 valence electrons. The van der Waals surface area contributed by atoms with Crippen LogP contribution >= 0.6 is 11.3 Å². The van der Waals surface area contributed by atoms with Crippen LogP contribution in [0.4, 0.5) is 4.79 Å². The zero-order chi connectivity index (χ0) is 16.0. The minimum atomic E-state index is -0.893. The van der Waals surface area contributed by atoms with Crippen molar-refractivity contribution in [2.45, 2.75) is 52.6 Å². The van der Waals surface area contributed by atoms with Crippen molar-refractivity contribution in [3.63, 3.8) is 0 Å². The number of hydrogen-bond acceptors (Lipinski definition) is 3. The van der Waals surface area contributed by atoms with Gasteiger partial charge in [-0.05, 0) is 39.8 Å². The number of carbonyl (C=O) groups excluding carboxylic acids is 1. The number of carbonyl (C=O) groups is 2. The van der Waals surface area contributed by atoms with E-state index in [4.69, 9.17) is 5.11 Å². The predicted molar refractivity (Wildman–Crippen MR) is 84.8 cm³/mol. The summed E-state index contributed by atoms with van der Waals surface area (Å²) in [5.74, 6) is -0.893. The molecule has 0 fully saturated rings. The first-order valence-corrected chi connectivity index (χ1v) is 7.95. The lowest BCUT2D eigenvalue weighted by Crippen LogP contribution is -2.48.